The number of unbranched alkanes of at least 4 members (excludes halogenated alkanes) is 18. The van der Waals surface area contributed by atoms with Gasteiger partial charge < -0.3 is 9.47 Å². The van der Waals surface area contributed by atoms with E-state index in [2.05, 4.69) is 13.8 Å². The minimum absolute atomic E-state index is 0.571. The van der Waals surface area contributed by atoms with Crippen molar-refractivity contribution in [3.05, 3.63) is 0 Å². The zero-order valence-electron chi connectivity index (χ0n) is 22.4. The van der Waals surface area contributed by atoms with Crippen molar-refractivity contribution in [2.45, 2.75) is 142 Å². The highest BCUT2D eigenvalue weighted by Crippen LogP contribution is 2.12. The molecule has 0 atom stereocenters. The molecule has 0 bridgehead atoms. The molecule has 0 radical (unpaired) electrons. The third-order valence-electron chi connectivity index (χ3n) is 6.00. The van der Waals surface area contributed by atoms with Crippen molar-refractivity contribution in [2.75, 3.05) is 39.6 Å². The lowest BCUT2D eigenvalue weighted by molar-refractivity contribution is 0.0888. The highest BCUT2D eigenvalue weighted by Gasteiger charge is 1.96. The van der Waals surface area contributed by atoms with Crippen molar-refractivity contribution in [2.24, 2.45) is 0 Å². The molecule has 0 aliphatic carbocycles. The van der Waals surface area contributed by atoms with Crippen molar-refractivity contribution in [1.82, 2.24) is 0 Å². The topological polar surface area (TPSA) is 36.9 Å². The van der Waals surface area contributed by atoms with E-state index < -0.39 is 0 Å². The predicted molar refractivity (Wildman–Crippen MR) is 145 cm³/mol. The lowest BCUT2D eigenvalue weighted by Crippen LogP contribution is -2.05. The van der Waals surface area contributed by atoms with Crippen LogP contribution in [0.1, 0.15) is 142 Å². The number of hydrogen-bond acceptors (Lipinski definition) is 5. The summed E-state index contributed by atoms with van der Waals surface area (Å²) in [7, 11) is 0. The average molecular weight is 491 g/mol. The van der Waals surface area contributed by atoms with Crippen LogP contribution in [0.25, 0.3) is 0 Å². The molecule has 0 aromatic heterocycles. The fourth-order valence-corrected chi connectivity index (χ4v) is 4.22. The summed E-state index contributed by atoms with van der Waals surface area (Å²) < 4.78 is 22.0. The maximum Gasteiger partial charge on any atom is 0.158 e. The molecule has 0 aliphatic rings. The molecule has 0 N–H and O–H groups in total. The number of ether oxygens (including phenoxy) is 2. The minimum atomic E-state index is 0.571. The normalized spacial score (nSPS) is 11.5. The van der Waals surface area contributed by atoms with E-state index in [9.17, 15) is 0 Å². The summed E-state index contributed by atoms with van der Waals surface area (Å²) in [5.41, 5.74) is 0. The number of rotatable bonds is 30. The molecule has 4 nitrogen and oxygen atoms in total. The second-order valence-electron chi connectivity index (χ2n) is 9.30. The summed E-state index contributed by atoms with van der Waals surface area (Å²) in [6.45, 7) is 8.67. The summed E-state index contributed by atoms with van der Waals surface area (Å²) in [5.74, 6) is 0. The molecule has 33 heavy (non-hydrogen) atoms. The summed E-state index contributed by atoms with van der Waals surface area (Å²) in [4.78, 5) is 0. The van der Waals surface area contributed by atoms with Gasteiger partial charge in [-0.3, -0.25) is 8.37 Å². The highest BCUT2D eigenvalue weighted by molar-refractivity contribution is 7.89. The zero-order chi connectivity index (χ0) is 23.9. The monoisotopic (exact) mass is 490 g/mol. The molecular weight excluding hydrogens is 432 g/mol. The summed E-state index contributed by atoms with van der Waals surface area (Å²) >= 11 is 1.06. The fourth-order valence-electron chi connectivity index (χ4n) is 3.88. The molecule has 0 fully saturated rings. The molecule has 0 saturated heterocycles. The van der Waals surface area contributed by atoms with E-state index in [-0.39, 0.29) is 0 Å². The van der Waals surface area contributed by atoms with E-state index in [1.165, 1.54) is 116 Å². The van der Waals surface area contributed by atoms with E-state index in [0.717, 1.165) is 38.4 Å². The van der Waals surface area contributed by atoms with Gasteiger partial charge in [0.2, 0.25) is 0 Å². The van der Waals surface area contributed by atoms with Gasteiger partial charge in [0, 0.05) is 13.2 Å². The van der Waals surface area contributed by atoms with Gasteiger partial charge in [-0.2, -0.15) is 0 Å². The quantitative estimate of drug-likeness (QED) is 0.0740. The first-order chi connectivity index (χ1) is 16.4. The van der Waals surface area contributed by atoms with Crippen LogP contribution in [-0.2, 0) is 17.8 Å². The van der Waals surface area contributed by atoms with Crippen LogP contribution in [0.4, 0.5) is 0 Å². The summed E-state index contributed by atoms with van der Waals surface area (Å²) in [5, 5.41) is 0. The van der Waals surface area contributed by atoms with Crippen LogP contribution in [-0.4, -0.2) is 39.6 Å². The zero-order valence-corrected chi connectivity index (χ0v) is 23.2. The molecule has 0 rings (SSSR count). The average Bonchev–Trinajstić information content (AvgIpc) is 2.83. The molecule has 0 aromatic rings. The Hall–Kier alpha value is 0.190. The van der Waals surface area contributed by atoms with Gasteiger partial charge in [0.15, 0.2) is 12.3 Å². The molecule has 200 valence electrons. The maximum absolute atomic E-state index is 5.62. The van der Waals surface area contributed by atoms with Crippen LogP contribution in [0, 0.1) is 0 Å². The van der Waals surface area contributed by atoms with Crippen LogP contribution in [0.2, 0.25) is 0 Å². The van der Waals surface area contributed by atoms with Gasteiger partial charge in [0.25, 0.3) is 0 Å². The summed E-state index contributed by atoms with van der Waals surface area (Å²) in [6.07, 6.45) is 27.1. The summed E-state index contributed by atoms with van der Waals surface area (Å²) in [6, 6.07) is 0. The standard InChI is InChI=1S/C28H58O4S/c1-3-5-7-9-11-13-15-17-19-21-23-29-25-27-31-33-32-28-26-30-24-22-20-18-16-14-12-10-8-6-4-2/h3-28H2,1-2H3. The molecule has 0 heterocycles. The molecule has 0 unspecified atom stereocenters. The van der Waals surface area contributed by atoms with Crippen LogP contribution >= 0.6 is 12.3 Å². The molecule has 0 amide bonds. The first-order valence-corrected chi connectivity index (χ1v) is 15.1. The Morgan fingerprint density at radius 1 is 0.333 bits per heavy atom. The SMILES string of the molecule is CCCCCCCCCCCCOCCOSOCCOCCCCCCCCCCCC. The van der Waals surface area contributed by atoms with E-state index in [1.807, 2.05) is 0 Å². The van der Waals surface area contributed by atoms with E-state index in [0.29, 0.717) is 26.4 Å². The molecule has 0 saturated carbocycles. The Morgan fingerprint density at radius 3 is 0.970 bits per heavy atom. The van der Waals surface area contributed by atoms with Crippen molar-refractivity contribution >= 4 is 12.3 Å². The maximum atomic E-state index is 5.62. The van der Waals surface area contributed by atoms with Crippen LogP contribution < -0.4 is 0 Å². The first kappa shape index (κ1) is 33.2. The fraction of sp³-hybridized carbons (Fsp3) is 1.00. The van der Waals surface area contributed by atoms with Gasteiger partial charge in [-0.25, -0.2) is 0 Å². The van der Waals surface area contributed by atoms with Gasteiger partial charge >= 0.3 is 0 Å². The van der Waals surface area contributed by atoms with Crippen molar-refractivity contribution in [3.8, 4) is 0 Å². The van der Waals surface area contributed by atoms with Crippen molar-refractivity contribution in [1.29, 1.82) is 0 Å². The molecule has 5 heteroatoms. The Balaban J connectivity index is 2.99. The lowest BCUT2D eigenvalue weighted by Gasteiger charge is -2.06. The van der Waals surface area contributed by atoms with E-state index in [1.54, 1.807) is 0 Å². The number of hydrogen-bond donors (Lipinski definition) is 0. The molecule has 0 aromatic carbocycles. The van der Waals surface area contributed by atoms with E-state index in [4.69, 9.17) is 17.8 Å². The Morgan fingerprint density at radius 2 is 0.636 bits per heavy atom. The lowest BCUT2D eigenvalue weighted by atomic mass is 10.1. The van der Waals surface area contributed by atoms with Gasteiger partial charge in [-0.1, -0.05) is 129 Å². The van der Waals surface area contributed by atoms with Crippen molar-refractivity contribution < 1.29 is 17.8 Å². The van der Waals surface area contributed by atoms with Crippen LogP contribution in [0.3, 0.4) is 0 Å². The smallest absolute Gasteiger partial charge is 0.158 e. The minimum Gasteiger partial charge on any atom is -0.379 e. The second-order valence-corrected chi connectivity index (χ2v) is 9.91. The largest absolute Gasteiger partial charge is 0.379 e. The van der Waals surface area contributed by atoms with Crippen LogP contribution in [0.5, 0.6) is 0 Å². The van der Waals surface area contributed by atoms with Gasteiger partial charge in [0.1, 0.15) is 0 Å². The van der Waals surface area contributed by atoms with Gasteiger partial charge in [-0.15, -0.1) is 0 Å². The third kappa shape index (κ3) is 32.2. The second kappa shape index (κ2) is 32.2. The highest BCUT2D eigenvalue weighted by atomic mass is 32.2. The van der Waals surface area contributed by atoms with E-state index >= 15 is 0 Å². The van der Waals surface area contributed by atoms with Gasteiger partial charge in [-0.05, 0) is 12.8 Å². The Kier molecular flexibility index (Phi) is 32.4. The molecular formula is C28H58O4S. The molecule has 0 aliphatic heterocycles. The Bertz CT molecular complexity index is 301. The van der Waals surface area contributed by atoms with Crippen LogP contribution in [0.15, 0.2) is 0 Å². The Labute approximate surface area is 212 Å². The van der Waals surface area contributed by atoms with Crippen molar-refractivity contribution in [3.63, 3.8) is 0 Å². The molecule has 0 spiro atoms. The first-order valence-electron chi connectivity index (χ1n) is 14.5. The van der Waals surface area contributed by atoms with Gasteiger partial charge in [0.05, 0.1) is 26.4 Å². The third-order valence-corrected chi connectivity index (χ3v) is 6.53. The predicted octanol–water partition coefficient (Wildman–Crippen LogP) is 9.46.